The Hall–Kier alpha value is -0.200. The summed E-state index contributed by atoms with van der Waals surface area (Å²) in [6.45, 7) is 5.46. The van der Waals surface area contributed by atoms with Crippen molar-refractivity contribution >= 4 is 0 Å². The van der Waals surface area contributed by atoms with Crippen LogP contribution in [0.5, 0.6) is 0 Å². The summed E-state index contributed by atoms with van der Waals surface area (Å²) in [6, 6.07) is 0. The van der Waals surface area contributed by atoms with Crippen molar-refractivity contribution in [2.75, 3.05) is 13.2 Å². The molecule has 0 heterocycles. The van der Waals surface area contributed by atoms with Crippen molar-refractivity contribution in [3.63, 3.8) is 0 Å². The number of quaternary nitrogens is 1. The van der Waals surface area contributed by atoms with Gasteiger partial charge in [0.25, 0.3) is 0 Å². The Morgan fingerprint density at radius 2 is 1.22 bits per heavy atom. The first kappa shape index (κ1) is 22.8. The largest absolute Gasteiger partial charge is 0.594 e. The second-order valence-electron chi connectivity index (χ2n) is 6.74. The lowest BCUT2D eigenvalue weighted by atomic mass is 10.1. The van der Waals surface area contributed by atoms with Crippen LogP contribution in [0.2, 0.25) is 0 Å². The summed E-state index contributed by atoms with van der Waals surface area (Å²) >= 11 is 0. The molecule has 140 valence electrons. The Morgan fingerprint density at radius 3 is 1.61 bits per heavy atom. The molecule has 5 nitrogen and oxygen atoms in total. The molecule has 0 radical (unpaired) electrons. The lowest BCUT2D eigenvalue weighted by molar-refractivity contribution is -1.14. The van der Waals surface area contributed by atoms with Crippen LogP contribution in [0, 0.1) is 5.21 Å². The Morgan fingerprint density at radius 1 is 0.783 bits per heavy atom. The van der Waals surface area contributed by atoms with E-state index < -0.39 is 10.7 Å². The summed E-state index contributed by atoms with van der Waals surface area (Å²) in [6.07, 6.45) is 14.1. The lowest BCUT2D eigenvalue weighted by Crippen LogP contribution is -2.59. The molecule has 0 saturated heterocycles. The number of hydroxylamine groups is 4. The number of aliphatic hydroxyl groups is 2. The monoisotopic (exact) mass is 333 g/mol. The molecule has 0 bridgehead atoms. The molecule has 1 atom stereocenters. The van der Waals surface area contributed by atoms with Crippen molar-refractivity contribution in [2.45, 2.75) is 104 Å². The molecule has 0 aliphatic rings. The van der Waals surface area contributed by atoms with Crippen LogP contribution in [0.15, 0.2) is 0 Å². The molecule has 0 rings (SSSR count). The zero-order valence-electron chi connectivity index (χ0n) is 15.6. The number of nitrogens with zero attached hydrogens (tertiary/aromatic N) is 1. The van der Waals surface area contributed by atoms with Gasteiger partial charge in [-0.25, -0.2) is 0 Å². The van der Waals surface area contributed by atoms with Gasteiger partial charge in [-0.05, 0) is 12.8 Å². The van der Waals surface area contributed by atoms with Gasteiger partial charge in [-0.15, -0.1) is 0 Å². The van der Waals surface area contributed by atoms with Crippen LogP contribution >= 0.6 is 0 Å². The second-order valence-corrected chi connectivity index (χ2v) is 6.74. The highest BCUT2D eigenvalue weighted by atomic mass is 17.0. The summed E-state index contributed by atoms with van der Waals surface area (Å²) in [5.41, 5.74) is 0. The first-order chi connectivity index (χ1) is 10.9. The Kier molecular flexibility index (Phi) is 13.0. The van der Waals surface area contributed by atoms with Crippen LogP contribution in [0.3, 0.4) is 0 Å². The summed E-state index contributed by atoms with van der Waals surface area (Å²) in [7, 11) is 0. The summed E-state index contributed by atoms with van der Waals surface area (Å²) < 4.78 is 0. The molecule has 23 heavy (non-hydrogen) atoms. The predicted octanol–water partition coefficient (Wildman–Crippen LogP) is 4.61. The minimum absolute atomic E-state index is 0.0432. The fraction of sp³-hybridized carbons (Fsp3) is 1.00. The SMILES string of the molecule is CCCCCCCCCCCCCO[N+]([O-])(CCC)C(C)(O)O. The molecule has 0 aromatic rings. The van der Waals surface area contributed by atoms with E-state index in [1.165, 1.54) is 51.4 Å². The van der Waals surface area contributed by atoms with E-state index in [9.17, 15) is 15.4 Å². The molecule has 2 N–H and O–H groups in total. The average Bonchev–Trinajstić information content (AvgIpc) is 2.47. The molecule has 0 amide bonds. The third-order valence-electron chi connectivity index (χ3n) is 4.21. The summed E-state index contributed by atoms with van der Waals surface area (Å²) in [5.74, 6) is -2.40. The molecule has 0 aromatic carbocycles. The molecule has 1 unspecified atom stereocenters. The average molecular weight is 334 g/mol. The van der Waals surface area contributed by atoms with Gasteiger partial charge in [0.15, 0.2) is 0 Å². The highest BCUT2D eigenvalue weighted by molar-refractivity contribution is 4.48. The third-order valence-corrected chi connectivity index (χ3v) is 4.21. The van der Waals surface area contributed by atoms with Crippen LogP contribution < -0.4 is 0 Å². The van der Waals surface area contributed by atoms with Crippen molar-refractivity contribution < 1.29 is 19.9 Å². The quantitative estimate of drug-likeness (QED) is 0.187. The molecular weight excluding hydrogens is 294 g/mol. The number of hydrogen-bond donors (Lipinski definition) is 2. The molecule has 0 spiro atoms. The van der Waals surface area contributed by atoms with Gasteiger partial charge in [0.2, 0.25) is 0 Å². The van der Waals surface area contributed by atoms with Gasteiger partial charge in [0, 0.05) is 0 Å². The first-order valence-electron chi connectivity index (χ1n) is 9.56. The van der Waals surface area contributed by atoms with Crippen molar-refractivity contribution in [1.29, 1.82) is 0 Å². The van der Waals surface area contributed by atoms with Crippen molar-refractivity contribution in [2.24, 2.45) is 0 Å². The van der Waals surface area contributed by atoms with Gasteiger partial charge in [-0.3, -0.25) is 0 Å². The van der Waals surface area contributed by atoms with Gasteiger partial charge in [0.1, 0.15) is 13.2 Å². The minimum atomic E-state index is -2.40. The maximum Gasteiger partial charge on any atom is 0.341 e. The number of rotatable bonds is 16. The number of unbranched alkanes of at least 4 members (excludes halogenated alkanes) is 10. The zero-order valence-corrected chi connectivity index (χ0v) is 15.6. The molecule has 0 saturated carbocycles. The zero-order chi connectivity index (χ0) is 17.6. The van der Waals surface area contributed by atoms with Crippen LogP contribution in [-0.4, -0.2) is 34.1 Å². The normalized spacial score (nSPS) is 14.9. The van der Waals surface area contributed by atoms with Gasteiger partial charge < -0.3 is 15.4 Å². The molecular formula is C18H39NO4. The Labute approximate surface area is 142 Å². The molecule has 0 aromatic heterocycles. The Balaban J connectivity index is 3.54. The van der Waals surface area contributed by atoms with E-state index in [4.69, 9.17) is 4.84 Å². The van der Waals surface area contributed by atoms with E-state index in [-0.39, 0.29) is 13.2 Å². The van der Waals surface area contributed by atoms with Crippen LogP contribution in [0.1, 0.15) is 97.8 Å². The van der Waals surface area contributed by atoms with Crippen molar-refractivity contribution in [3.8, 4) is 0 Å². The van der Waals surface area contributed by atoms with E-state index in [1.807, 2.05) is 6.92 Å². The summed E-state index contributed by atoms with van der Waals surface area (Å²) in [4.78, 5) is 3.80. The molecule has 0 aliphatic carbocycles. The standard InChI is InChI=1S/C18H39NO4/c1-4-6-7-8-9-10-11-12-13-14-15-17-23-19(22,16-5-2)18(3,20)21/h20-21H,4-17H2,1-3H3. The predicted molar refractivity (Wildman–Crippen MR) is 94.0 cm³/mol. The lowest BCUT2D eigenvalue weighted by Gasteiger charge is -2.44. The van der Waals surface area contributed by atoms with Gasteiger partial charge >= 0.3 is 5.91 Å². The van der Waals surface area contributed by atoms with Gasteiger partial charge in [-0.2, -0.15) is 9.65 Å². The maximum atomic E-state index is 12.2. The van der Waals surface area contributed by atoms with E-state index in [0.717, 1.165) is 26.2 Å². The molecule has 0 aliphatic heterocycles. The Bertz CT molecular complexity index is 268. The highest BCUT2D eigenvalue weighted by Crippen LogP contribution is 2.21. The topological polar surface area (TPSA) is 72.8 Å². The minimum Gasteiger partial charge on any atom is -0.594 e. The van der Waals surface area contributed by atoms with E-state index in [0.29, 0.717) is 6.42 Å². The second kappa shape index (κ2) is 13.1. The van der Waals surface area contributed by atoms with Gasteiger partial charge in [-0.1, -0.05) is 78.1 Å². The van der Waals surface area contributed by atoms with Crippen LogP contribution in [0.25, 0.3) is 0 Å². The van der Waals surface area contributed by atoms with E-state index >= 15 is 0 Å². The van der Waals surface area contributed by atoms with E-state index in [1.54, 1.807) is 0 Å². The third kappa shape index (κ3) is 11.1. The number of hydrogen-bond acceptors (Lipinski definition) is 4. The van der Waals surface area contributed by atoms with Crippen LogP contribution in [-0.2, 0) is 4.84 Å². The van der Waals surface area contributed by atoms with Crippen molar-refractivity contribution in [3.05, 3.63) is 5.21 Å². The van der Waals surface area contributed by atoms with Crippen molar-refractivity contribution in [1.82, 2.24) is 0 Å². The fourth-order valence-corrected chi connectivity index (χ4v) is 2.67. The maximum absolute atomic E-state index is 12.2. The smallest absolute Gasteiger partial charge is 0.341 e. The van der Waals surface area contributed by atoms with Crippen LogP contribution in [0.4, 0.5) is 0 Å². The fourth-order valence-electron chi connectivity index (χ4n) is 2.67. The molecule has 0 fully saturated rings. The summed E-state index contributed by atoms with van der Waals surface area (Å²) in [5, 5.41) is 31.3. The highest BCUT2D eigenvalue weighted by Gasteiger charge is 2.39. The van der Waals surface area contributed by atoms with Gasteiger partial charge in [0.05, 0.1) is 6.92 Å². The first-order valence-corrected chi connectivity index (χ1v) is 9.56. The van der Waals surface area contributed by atoms with E-state index in [2.05, 4.69) is 6.92 Å². The molecule has 5 heteroatoms.